The van der Waals surface area contributed by atoms with E-state index in [0.717, 1.165) is 6.42 Å². The first kappa shape index (κ1) is 11.9. The summed E-state index contributed by atoms with van der Waals surface area (Å²) in [6.45, 7) is 7.44. The zero-order valence-electron chi connectivity index (χ0n) is 8.68. The fraction of sp³-hybridized carbons (Fsp3) is 0.778. The molecule has 76 valence electrons. The number of rotatable bonds is 3. The maximum Gasteiger partial charge on any atom is 0.309 e. The maximum absolute atomic E-state index is 11.1. The van der Waals surface area contributed by atoms with E-state index in [9.17, 15) is 9.59 Å². The Morgan fingerprint density at radius 3 is 1.92 bits per heavy atom. The number of hydrogen-bond acceptors (Lipinski definition) is 2. The molecule has 0 aromatic carbocycles. The summed E-state index contributed by atoms with van der Waals surface area (Å²) in [6, 6.07) is 0.0422. The molecule has 2 amide bonds. The quantitative estimate of drug-likeness (QED) is 0.628. The molecule has 2 N–H and O–H groups in total. The van der Waals surface area contributed by atoms with Gasteiger partial charge in [-0.2, -0.15) is 0 Å². The maximum atomic E-state index is 11.1. The Hall–Kier alpha value is -1.06. The van der Waals surface area contributed by atoms with E-state index in [4.69, 9.17) is 0 Å². The van der Waals surface area contributed by atoms with Gasteiger partial charge in [0.2, 0.25) is 0 Å². The van der Waals surface area contributed by atoms with Crippen LogP contribution in [0.3, 0.4) is 0 Å². The Balaban J connectivity index is 3.90. The summed E-state index contributed by atoms with van der Waals surface area (Å²) in [4.78, 5) is 22.2. The molecule has 0 rings (SSSR count). The van der Waals surface area contributed by atoms with Crippen LogP contribution in [0.2, 0.25) is 0 Å². The smallest absolute Gasteiger partial charge is 0.309 e. The molecule has 0 heterocycles. The van der Waals surface area contributed by atoms with Crippen molar-refractivity contribution in [3.63, 3.8) is 0 Å². The predicted octanol–water partition coefficient (Wildman–Crippen LogP) is 0.426. The fourth-order valence-corrected chi connectivity index (χ4v) is 0.719. The van der Waals surface area contributed by atoms with E-state index >= 15 is 0 Å². The van der Waals surface area contributed by atoms with Gasteiger partial charge in [0.05, 0.1) is 0 Å². The minimum atomic E-state index is -0.560. The van der Waals surface area contributed by atoms with Crippen molar-refractivity contribution in [2.75, 3.05) is 0 Å². The predicted molar refractivity (Wildman–Crippen MR) is 51.2 cm³/mol. The highest BCUT2D eigenvalue weighted by atomic mass is 16.2. The van der Waals surface area contributed by atoms with Gasteiger partial charge in [-0.25, -0.2) is 0 Å². The van der Waals surface area contributed by atoms with Crippen LogP contribution in [-0.2, 0) is 9.59 Å². The molecule has 0 unspecified atom stereocenters. The van der Waals surface area contributed by atoms with Crippen LogP contribution < -0.4 is 10.6 Å². The standard InChI is InChI=1S/C9H18N2O2/c1-5-7(4)11-9(13)8(12)10-6(2)3/h6-7H,5H2,1-4H3,(H,10,12)(H,11,13)/t7-/m1/s1. The second-order valence-corrected chi connectivity index (χ2v) is 3.41. The van der Waals surface area contributed by atoms with Gasteiger partial charge in [-0.3, -0.25) is 9.59 Å². The number of nitrogens with one attached hydrogen (secondary N) is 2. The Labute approximate surface area is 79.1 Å². The Morgan fingerprint density at radius 2 is 1.54 bits per heavy atom. The Kier molecular flexibility index (Phi) is 5.11. The van der Waals surface area contributed by atoms with Crippen LogP contribution in [0.4, 0.5) is 0 Å². The van der Waals surface area contributed by atoms with Crippen molar-refractivity contribution in [3.05, 3.63) is 0 Å². The average Bonchev–Trinajstić information content (AvgIpc) is 2.02. The van der Waals surface area contributed by atoms with Crippen molar-refractivity contribution in [2.45, 2.75) is 46.2 Å². The highest BCUT2D eigenvalue weighted by molar-refractivity contribution is 6.35. The van der Waals surface area contributed by atoms with Gasteiger partial charge in [-0.1, -0.05) is 6.92 Å². The molecule has 0 bridgehead atoms. The van der Waals surface area contributed by atoms with E-state index in [2.05, 4.69) is 10.6 Å². The van der Waals surface area contributed by atoms with Gasteiger partial charge in [0.15, 0.2) is 0 Å². The van der Waals surface area contributed by atoms with Crippen LogP contribution in [0.5, 0.6) is 0 Å². The summed E-state index contributed by atoms with van der Waals surface area (Å²) in [5.74, 6) is -1.11. The molecular formula is C9H18N2O2. The van der Waals surface area contributed by atoms with Crippen molar-refractivity contribution < 1.29 is 9.59 Å². The van der Waals surface area contributed by atoms with Gasteiger partial charge in [0, 0.05) is 12.1 Å². The van der Waals surface area contributed by atoms with Crippen LogP contribution in [-0.4, -0.2) is 23.9 Å². The van der Waals surface area contributed by atoms with Gasteiger partial charge >= 0.3 is 11.8 Å². The SMILES string of the molecule is CC[C@@H](C)NC(=O)C(=O)NC(C)C. The molecule has 13 heavy (non-hydrogen) atoms. The first-order valence-electron chi connectivity index (χ1n) is 4.58. The van der Waals surface area contributed by atoms with Gasteiger partial charge < -0.3 is 10.6 Å². The minimum absolute atomic E-state index is 0.00446. The molecular weight excluding hydrogens is 168 g/mol. The van der Waals surface area contributed by atoms with Gasteiger partial charge in [-0.15, -0.1) is 0 Å². The second kappa shape index (κ2) is 5.56. The van der Waals surface area contributed by atoms with Crippen LogP contribution in [0.15, 0.2) is 0 Å². The normalized spacial score (nSPS) is 12.4. The van der Waals surface area contributed by atoms with E-state index < -0.39 is 11.8 Å². The zero-order valence-corrected chi connectivity index (χ0v) is 8.68. The molecule has 0 aromatic heterocycles. The lowest BCUT2D eigenvalue weighted by molar-refractivity contribution is -0.139. The molecule has 0 aliphatic carbocycles. The molecule has 0 radical (unpaired) electrons. The van der Waals surface area contributed by atoms with Gasteiger partial charge in [0.1, 0.15) is 0 Å². The van der Waals surface area contributed by atoms with Gasteiger partial charge in [-0.05, 0) is 27.2 Å². The number of carbonyl (C=O) groups excluding carboxylic acids is 2. The molecule has 4 heteroatoms. The highest BCUT2D eigenvalue weighted by Crippen LogP contribution is 1.87. The summed E-state index contributed by atoms with van der Waals surface area (Å²) in [5.41, 5.74) is 0. The minimum Gasteiger partial charge on any atom is -0.346 e. The molecule has 0 aliphatic heterocycles. The van der Waals surface area contributed by atoms with Crippen molar-refractivity contribution in [1.82, 2.24) is 10.6 Å². The largest absolute Gasteiger partial charge is 0.346 e. The van der Waals surface area contributed by atoms with Crippen LogP contribution in [0.1, 0.15) is 34.1 Å². The van der Waals surface area contributed by atoms with Crippen molar-refractivity contribution in [1.29, 1.82) is 0 Å². The third-order valence-electron chi connectivity index (χ3n) is 1.62. The lowest BCUT2D eigenvalue weighted by Crippen LogP contribution is -2.45. The molecule has 0 spiro atoms. The molecule has 0 saturated heterocycles. The number of amides is 2. The molecule has 0 fully saturated rings. The Morgan fingerprint density at radius 1 is 1.08 bits per heavy atom. The van der Waals surface area contributed by atoms with E-state index in [0.29, 0.717) is 0 Å². The van der Waals surface area contributed by atoms with Gasteiger partial charge in [0.25, 0.3) is 0 Å². The highest BCUT2D eigenvalue weighted by Gasteiger charge is 2.15. The third kappa shape index (κ3) is 5.22. The average molecular weight is 186 g/mol. The van der Waals surface area contributed by atoms with Crippen LogP contribution >= 0.6 is 0 Å². The van der Waals surface area contributed by atoms with E-state index in [1.165, 1.54) is 0 Å². The van der Waals surface area contributed by atoms with Crippen molar-refractivity contribution in [3.8, 4) is 0 Å². The summed E-state index contributed by atoms with van der Waals surface area (Å²) in [7, 11) is 0. The first-order valence-corrected chi connectivity index (χ1v) is 4.58. The molecule has 0 saturated carbocycles. The first-order chi connectivity index (χ1) is 5.97. The summed E-state index contributed by atoms with van der Waals surface area (Å²) < 4.78 is 0. The zero-order chi connectivity index (χ0) is 10.4. The summed E-state index contributed by atoms with van der Waals surface area (Å²) >= 11 is 0. The summed E-state index contributed by atoms with van der Waals surface area (Å²) in [6.07, 6.45) is 0.820. The molecule has 0 aromatic rings. The molecule has 0 aliphatic rings. The summed E-state index contributed by atoms with van der Waals surface area (Å²) in [5, 5.41) is 5.10. The van der Waals surface area contributed by atoms with Crippen LogP contribution in [0, 0.1) is 0 Å². The lowest BCUT2D eigenvalue weighted by atomic mass is 10.2. The van der Waals surface area contributed by atoms with E-state index in [-0.39, 0.29) is 12.1 Å². The second-order valence-electron chi connectivity index (χ2n) is 3.41. The topological polar surface area (TPSA) is 58.2 Å². The van der Waals surface area contributed by atoms with E-state index in [1.807, 2.05) is 27.7 Å². The third-order valence-corrected chi connectivity index (χ3v) is 1.62. The molecule has 4 nitrogen and oxygen atoms in total. The monoisotopic (exact) mass is 186 g/mol. The number of hydrogen-bond donors (Lipinski definition) is 2. The fourth-order valence-electron chi connectivity index (χ4n) is 0.719. The van der Waals surface area contributed by atoms with Crippen molar-refractivity contribution >= 4 is 11.8 Å². The molecule has 1 atom stereocenters. The lowest BCUT2D eigenvalue weighted by Gasteiger charge is -2.12. The Bertz CT molecular complexity index is 190. The van der Waals surface area contributed by atoms with E-state index in [1.54, 1.807) is 0 Å². The van der Waals surface area contributed by atoms with Crippen LogP contribution in [0.25, 0.3) is 0 Å². The number of carbonyl (C=O) groups is 2. The van der Waals surface area contributed by atoms with Crippen molar-refractivity contribution in [2.24, 2.45) is 0 Å².